The van der Waals surface area contributed by atoms with Crippen molar-refractivity contribution in [3.63, 3.8) is 0 Å². The number of likely N-dealkylation sites (tertiary alicyclic amines) is 1. The molecule has 2 heterocycles. The maximum Gasteiger partial charge on any atom is 0.262 e. The molecule has 0 spiro atoms. The molecule has 1 unspecified atom stereocenters. The predicted molar refractivity (Wildman–Crippen MR) is 108 cm³/mol. The van der Waals surface area contributed by atoms with Crippen LogP contribution in [0, 0.1) is 5.41 Å². The van der Waals surface area contributed by atoms with Crippen molar-refractivity contribution in [3.8, 4) is 0 Å². The quantitative estimate of drug-likeness (QED) is 0.787. The van der Waals surface area contributed by atoms with Crippen molar-refractivity contribution in [2.75, 3.05) is 13.1 Å². The van der Waals surface area contributed by atoms with Crippen LogP contribution in [0.2, 0.25) is 0 Å². The van der Waals surface area contributed by atoms with Crippen LogP contribution in [-0.2, 0) is 9.59 Å². The maximum atomic E-state index is 12.7. The van der Waals surface area contributed by atoms with Gasteiger partial charge in [0.1, 0.15) is 6.04 Å². The van der Waals surface area contributed by atoms with E-state index >= 15 is 0 Å². The molecule has 1 aromatic carbocycles. The topological polar surface area (TPSA) is 86.8 Å². The first-order chi connectivity index (χ1) is 13.6. The summed E-state index contributed by atoms with van der Waals surface area (Å²) >= 11 is 0. The minimum Gasteiger partial charge on any atom is -0.351 e. The maximum absolute atomic E-state index is 12.7. The number of imide groups is 1. The lowest BCUT2D eigenvalue weighted by molar-refractivity contribution is -0.134. The lowest BCUT2D eigenvalue weighted by Gasteiger charge is -2.34. The van der Waals surface area contributed by atoms with Gasteiger partial charge in [0.15, 0.2) is 0 Å². The molecule has 7 heteroatoms. The summed E-state index contributed by atoms with van der Waals surface area (Å²) in [5, 5.41) is 2.95. The lowest BCUT2D eigenvalue weighted by atomic mass is 9.91. The molecule has 7 nitrogen and oxygen atoms in total. The van der Waals surface area contributed by atoms with E-state index in [4.69, 9.17) is 0 Å². The van der Waals surface area contributed by atoms with Crippen molar-refractivity contribution < 1.29 is 19.2 Å². The molecule has 0 bridgehead atoms. The SMILES string of the molecule is CC(C(=O)NC1CCN(C(=O)CC(C)(C)C)CC1)N1C(=O)c2ccccc2C1=O. The second-order valence-corrected chi connectivity index (χ2v) is 9.10. The standard InChI is InChI=1S/C22H29N3O4/c1-14(25-20(28)16-7-5-6-8-17(16)21(25)29)19(27)23-15-9-11-24(12-10-15)18(26)13-22(2,3)4/h5-8,14-15H,9-13H2,1-4H3,(H,23,27). The molecule has 0 aliphatic carbocycles. The fourth-order valence-electron chi connectivity index (χ4n) is 3.84. The van der Waals surface area contributed by atoms with E-state index in [-0.39, 0.29) is 23.3 Å². The summed E-state index contributed by atoms with van der Waals surface area (Å²) in [6, 6.07) is 5.65. The highest BCUT2D eigenvalue weighted by Gasteiger charge is 2.41. The van der Waals surface area contributed by atoms with E-state index in [0.29, 0.717) is 43.5 Å². The van der Waals surface area contributed by atoms with Gasteiger partial charge in [-0.3, -0.25) is 24.1 Å². The van der Waals surface area contributed by atoms with E-state index in [9.17, 15) is 19.2 Å². The fourth-order valence-corrected chi connectivity index (χ4v) is 3.84. The Kier molecular flexibility index (Phi) is 5.78. The van der Waals surface area contributed by atoms with Gasteiger partial charge >= 0.3 is 0 Å². The number of hydrogen-bond acceptors (Lipinski definition) is 4. The molecule has 1 saturated heterocycles. The number of amides is 4. The second kappa shape index (κ2) is 7.97. The van der Waals surface area contributed by atoms with Crippen LogP contribution < -0.4 is 5.32 Å². The summed E-state index contributed by atoms with van der Waals surface area (Å²) < 4.78 is 0. The molecule has 156 valence electrons. The Bertz CT molecular complexity index is 800. The first kappa shape index (κ1) is 21.0. The highest BCUT2D eigenvalue weighted by molar-refractivity contribution is 6.22. The molecular weight excluding hydrogens is 370 g/mol. The monoisotopic (exact) mass is 399 g/mol. The van der Waals surface area contributed by atoms with Crippen LogP contribution in [0.3, 0.4) is 0 Å². The molecule has 1 fully saturated rings. The van der Waals surface area contributed by atoms with Crippen molar-refractivity contribution in [2.45, 2.75) is 59.0 Å². The van der Waals surface area contributed by atoms with Crippen molar-refractivity contribution in [3.05, 3.63) is 35.4 Å². The Morgan fingerprint density at radius 2 is 1.59 bits per heavy atom. The molecule has 29 heavy (non-hydrogen) atoms. The van der Waals surface area contributed by atoms with Crippen LogP contribution in [0.5, 0.6) is 0 Å². The van der Waals surface area contributed by atoms with Gasteiger partial charge < -0.3 is 10.2 Å². The van der Waals surface area contributed by atoms with Crippen LogP contribution in [0.15, 0.2) is 24.3 Å². The molecule has 1 N–H and O–H groups in total. The largest absolute Gasteiger partial charge is 0.351 e. The van der Waals surface area contributed by atoms with Crippen LogP contribution in [0.1, 0.15) is 67.7 Å². The van der Waals surface area contributed by atoms with Gasteiger partial charge in [0.2, 0.25) is 11.8 Å². The zero-order valence-electron chi connectivity index (χ0n) is 17.5. The number of carbonyl (C=O) groups excluding carboxylic acids is 4. The zero-order valence-corrected chi connectivity index (χ0v) is 17.5. The molecule has 1 aromatic rings. The third-order valence-electron chi connectivity index (χ3n) is 5.47. The summed E-state index contributed by atoms with van der Waals surface area (Å²) in [7, 11) is 0. The Hall–Kier alpha value is -2.70. The van der Waals surface area contributed by atoms with Gasteiger partial charge in [-0.1, -0.05) is 32.9 Å². The van der Waals surface area contributed by atoms with E-state index in [2.05, 4.69) is 5.32 Å². The van der Waals surface area contributed by atoms with Crippen LogP contribution >= 0.6 is 0 Å². The van der Waals surface area contributed by atoms with E-state index in [1.165, 1.54) is 0 Å². The highest BCUT2D eigenvalue weighted by Crippen LogP contribution is 2.25. The van der Waals surface area contributed by atoms with Crippen molar-refractivity contribution in [1.82, 2.24) is 15.1 Å². The van der Waals surface area contributed by atoms with Gasteiger partial charge in [-0.25, -0.2) is 0 Å². The smallest absolute Gasteiger partial charge is 0.262 e. The number of nitrogens with zero attached hydrogens (tertiary/aromatic N) is 2. The van der Waals surface area contributed by atoms with E-state index in [1.54, 1.807) is 31.2 Å². The molecule has 4 amide bonds. The van der Waals surface area contributed by atoms with Crippen LogP contribution in [-0.4, -0.2) is 58.6 Å². The minimum atomic E-state index is -0.886. The first-order valence-corrected chi connectivity index (χ1v) is 10.1. The second-order valence-electron chi connectivity index (χ2n) is 9.10. The Labute approximate surface area is 171 Å². The molecule has 2 aliphatic heterocycles. The summed E-state index contributed by atoms with van der Waals surface area (Å²) in [5.41, 5.74) is 0.620. The number of hydrogen-bond donors (Lipinski definition) is 1. The van der Waals surface area contributed by atoms with Crippen molar-refractivity contribution >= 4 is 23.6 Å². The minimum absolute atomic E-state index is 0.0516. The molecular formula is C22H29N3O4. The summed E-state index contributed by atoms with van der Waals surface area (Å²) in [4.78, 5) is 53.1. The molecule has 1 atom stereocenters. The summed E-state index contributed by atoms with van der Waals surface area (Å²) in [6.07, 6.45) is 1.83. The molecule has 0 aromatic heterocycles. The predicted octanol–water partition coefficient (Wildman–Crippen LogP) is 2.21. The first-order valence-electron chi connectivity index (χ1n) is 10.1. The van der Waals surface area contributed by atoms with Gasteiger partial charge in [-0.2, -0.15) is 0 Å². The number of rotatable bonds is 4. The fraction of sp³-hybridized carbons (Fsp3) is 0.545. The van der Waals surface area contributed by atoms with Crippen molar-refractivity contribution in [1.29, 1.82) is 0 Å². The number of nitrogens with one attached hydrogen (secondary N) is 1. The summed E-state index contributed by atoms with van der Waals surface area (Å²) in [6.45, 7) is 8.89. The van der Waals surface area contributed by atoms with Crippen LogP contribution in [0.4, 0.5) is 0 Å². The molecule has 2 aliphatic rings. The molecule has 3 rings (SSSR count). The van der Waals surface area contributed by atoms with Crippen molar-refractivity contribution in [2.24, 2.45) is 5.41 Å². The van der Waals surface area contributed by atoms with E-state index in [1.807, 2.05) is 25.7 Å². The Morgan fingerprint density at radius 1 is 1.07 bits per heavy atom. The third kappa shape index (κ3) is 4.49. The molecule has 0 saturated carbocycles. The average Bonchev–Trinajstić information content (AvgIpc) is 2.91. The number of benzene rings is 1. The normalized spacial score (nSPS) is 18.6. The van der Waals surface area contributed by atoms with Gasteiger partial charge in [0.05, 0.1) is 11.1 Å². The van der Waals surface area contributed by atoms with Crippen LogP contribution in [0.25, 0.3) is 0 Å². The number of carbonyl (C=O) groups is 4. The van der Waals surface area contributed by atoms with E-state index < -0.39 is 17.9 Å². The Balaban J connectivity index is 1.55. The lowest BCUT2D eigenvalue weighted by Crippen LogP contribution is -2.53. The average molecular weight is 399 g/mol. The van der Waals surface area contributed by atoms with E-state index in [0.717, 1.165) is 4.90 Å². The number of piperidine rings is 1. The Morgan fingerprint density at radius 3 is 2.07 bits per heavy atom. The summed E-state index contributed by atoms with van der Waals surface area (Å²) in [5.74, 6) is -1.08. The molecule has 0 radical (unpaired) electrons. The highest BCUT2D eigenvalue weighted by atomic mass is 16.2. The van der Waals surface area contributed by atoms with Gasteiger partial charge in [0.25, 0.3) is 11.8 Å². The zero-order chi connectivity index (χ0) is 21.3. The van der Waals surface area contributed by atoms with Gasteiger partial charge in [-0.15, -0.1) is 0 Å². The number of fused-ring (bicyclic) bond motifs is 1. The van der Waals surface area contributed by atoms with Gasteiger partial charge in [0, 0.05) is 25.6 Å². The third-order valence-corrected chi connectivity index (χ3v) is 5.47. The van der Waals surface area contributed by atoms with Gasteiger partial charge in [-0.05, 0) is 37.3 Å².